The van der Waals surface area contributed by atoms with Gasteiger partial charge in [-0.05, 0) is 43.0 Å². The number of piperidine rings is 1. The lowest BCUT2D eigenvalue weighted by molar-refractivity contribution is -0.0277. The van der Waals surface area contributed by atoms with Crippen LogP contribution in [0.3, 0.4) is 0 Å². The van der Waals surface area contributed by atoms with E-state index in [1.165, 1.54) is 5.56 Å². The summed E-state index contributed by atoms with van der Waals surface area (Å²) in [6, 6.07) is 18.4. The lowest BCUT2D eigenvalue weighted by atomic mass is 9.84. The first-order valence-electron chi connectivity index (χ1n) is 8.41. The lowest BCUT2D eigenvalue weighted by Gasteiger charge is -2.38. The van der Waals surface area contributed by atoms with Crippen molar-refractivity contribution in [2.75, 3.05) is 19.7 Å². The molecule has 0 radical (unpaired) electrons. The number of aliphatic hydroxyl groups is 1. The summed E-state index contributed by atoms with van der Waals surface area (Å²) in [5, 5.41) is 11.0. The number of nitrogens with zero attached hydrogens (tertiary/aromatic N) is 1. The van der Waals surface area contributed by atoms with Gasteiger partial charge in [0.15, 0.2) is 0 Å². The molecule has 0 bridgehead atoms. The molecule has 3 nitrogen and oxygen atoms in total. The maximum Gasteiger partial charge on any atom is 0.119 e. The van der Waals surface area contributed by atoms with E-state index in [1.54, 1.807) is 0 Å². The summed E-state index contributed by atoms with van der Waals surface area (Å²) >= 11 is 0. The summed E-state index contributed by atoms with van der Waals surface area (Å²) in [6.45, 7) is 5.43. The zero-order chi connectivity index (χ0) is 16.1. The molecule has 3 heteroatoms. The van der Waals surface area contributed by atoms with Gasteiger partial charge < -0.3 is 9.84 Å². The van der Waals surface area contributed by atoms with Crippen molar-refractivity contribution >= 4 is 0 Å². The Kier molecular flexibility index (Phi) is 4.99. The Balaban J connectivity index is 1.60. The molecule has 1 saturated heterocycles. The molecular weight excluding hydrogens is 286 g/mol. The molecule has 2 aromatic rings. The van der Waals surface area contributed by atoms with E-state index in [9.17, 15) is 5.11 Å². The summed E-state index contributed by atoms with van der Waals surface area (Å²) < 4.78 is 5.47. The molecule has 0 aromatic heterocycles. The second kappa shape index (κ2) is 7.16. The lowest BCUT2D eigenvalue weighted by Crippen LogP contribution is -2.42. The molecule has 0 saturated carbocycles. The average Bonchev–Trinajstić information content (AvgIpc) is 2.59. The van der Waals surface area contributed by atoms with Gasteiger partial charge in [0, 0.05) is 19.6 Å². The highest BCUT2D eigenvalue weighted by Gasteiger charge is 2.33. The number of hydrogen-bond acceptors (Lipinski definition) is 3. The summed E-state index contributed by atoms with van der Waals surface area (Å²) in [4.78, 5) is 2.42. The molecule has 0 amide bonds. The third kappa shape index (κ3) is 3.92. The molecule has 0 aliphatic carbocycles. The summed E-state index contributed by atoms with van der Waals surface area (Å²) in [7, 11) is 0. The van der Waals surface area contributed by atoms with E-state index in [4.69, 9.17) is 4.74 Å². The van der Waals surface area contributed by atoms with Gasteiger partial charge in [-0.15, -0.1) is 0 Å². The first-order valence-corrected chi connectivity index (χ1v) is 8.41. The average molecular weight is 311 g/mol. The van der Waals surface area contributed by atoms with E-state index in [1.807, 2.05) is 37.3 Å². The second-order valence-corrected chi connectivity index (χ2v) is 6.25. The van der Waals surface area contributed by atoms with Crippen molar-refractivity contribution in [2.45, 2.75) is 31.9 Å². The molecule has 0 spiro atoms. The van der Waals surface area contributed by atoms with Gasteiger partial charge in [0.05, 0.1) is 12.2 Å². The van der Waals surface area contributed by atoms with Crippen molar-refractivity contribution in [3.8, 4) is 5.75 Å². The number of hydrogen-bond donors (Lipinski definition) is 1. The minimum atomic E-state index is -0.710. The van der Waals surface area contributed by atoms with Crippen LogP contribution in [0.25, 0.3) is 0 Å². The third-order valence-electron chi connectivity index (χ3n) is 4.63. The molecule has 0 atom stereocenters. The Labute approximate surface area is 138 Å². The second-order valence-electron chi connectivity index (χ2n) is 6.25. The smallest absolute Gasteiger partial charge is 0.119 e. The van der Waals surface area contributed by atoms with E-state index in [0.717, 1.165) is 43.8 Å². The van der Waals surface area contributed by atoms with Crippen molar-refractivity contribution in [3.05, 3.63) is 65.7 Å². The van der Waals surface area contributed by atoms with Gasteiger partial charge in [0.25, 0.3) is 0 Å². The van der Waals surface area contributed by atoms with Crippen molar-refractivity contribution in [3.63, 3.8) is 0 Å². The Morgan fingerprint density at radius 2 is 1.65 bits per heavy atom. The van der Waals surface area contributed by atoms with E-state index >= 15 is 0 Å². The monoisotopic (exact) mass is 311 g/mol. The van der Waals surface area contributed by atoms with E-state index in [0.29, 0.717) is 6.61 Å². The summed E-state index contributed by atoms with van der Waals surface area (Å²) in [6.07, 6.45) is 1.54. The van der Waals surface area contributed by atoms with Crippen LogP contribution in [0, 0.1) is 0 Å². The molecule has 23 heavy (non-hydrogen) atoms. The Morgan fingerprint density at radius 3 is 2.26 bits per heavy atom. The van der Waals surface area contributed by atoms with Crippen LogP contribution >= 0.6 is 0 Å². The normalized spacial score (nSPS) is 17.8. The largest absolute Gasteiger partial charge is 0.494 e. The highest BCUT2D eigenvalue weighted by molar-refractivity contribution is 5.31. The van der Waals surface area contributed by atoms with Gasteiger partial charge >= 0.3 is 0 Å². The summed E-state index contributed by atoms with van der Waals surface area (Å²) in [5.74, 6) is 0.862. The number of benzene rings is 2. The molecule has 1 aliphatic rings. The third-order valence-corrected chi connectivity index (χ3v) is 4.63. The van der Waals surface area contributed by atoms with Crippen LogP contribution in [0.1, 0.15) is 30.9 Å². The van der Waals surface area contributed by atoms with E-state index in [-0.39, 0.29) is 0 Å². The van der Waals surface area contributed by atoms with E-state index in [2.05, 4.69) is 29.2 Å². The zero-order valence-electron chi connectivity index (χ0n) is 13.7. The standard InChI is InChI=1S/C20H25NO2/c1-2-23-19-10-8-18(9-11-19)20(22)12-14-21(15-13-20)16-17-6-4-3-5-7-17/h3-11,22H,2,12-16H2,1H3. The van der Waals surface area contributed by atoms with Crippen LogP contribution in [0.15, 0.2) is 54.6 Å². The first kappa shape index (κ1) is 16.0. The minimum absolute atomic E-state index is 0.665. The van der Waals surface area contributed by atoms with Crippen molar-refractivity contribution in [2.24, 2.45) is 0 Å². The molecule has 2 aromatic carbocycles. The number of likely N-dealkylation sites (tertiary alicyclic amines) is 1. The van der Waals surface area contributed by atoms with Gasteiger partial charge in [0.1, 0.15) is 5.75 Å². The Morgan fingerprint density at radius 1 is 1.00 bits per heavy atom. The van der Waals surface area contributed by atoms with Crippen molar-refractivity contribution in [1.29, 1.82) is 0 Å². The topological polar surface area (TPSA) is 32.7 Å². The highest BCUT2D eigenvalue weighted by Crippen LogP contribution is 2.34. The molecular formula is C20H25NO2. The fourth-order valence-electron chi connectivity index (χ4n) is 3.24. The molecule has 1 N–H and O–H groups in total. The van der Waals surface area contributed by atoms with Gasteiger partial charge in [-0.25, -0.2) is 0 Å². The first-order chi connectivity index (χ1) is 11.2. The predicted molar refractivity (Wildman–Crippen MR) is 92.5 cm³/mol. The van der Waals surface area contributed by atoms with Gasteiger partial charge in [-0.1, -0.05) is 42.5 Å². The van der Waals surface area contributed by atoms with Crippen LogP contribution in [0.5, 0.6) is 5.75 Å². The molecule has 3 rings (SSSR count). The molecule has 0 unspecified atom stereocenters. The van der Waals surface area contributed by atoms with E-state index < -0.39 is 5.60 Å². The number of ether oxygens (including phenoxy) is 1. The molecule has 1 heterocycles. The quantitative estimate of drug-likeness (QED) is 0.916. The van der Waals surface area contributed by atoms with Crippen LogP contribution < -0.4 is 4.74 Å². The van der Waals surface area contributed by atoms with Gasteiger partial charge in [0.2, 0.25) is 0 Å². The summed E-state index contributed by atoms with van der Waals surface area (Å²) in [5.41, 5.74) is 1.62. The fraction of sp³-hybridized carbons (Fsp3) is 0.400. The van der Waals surface area contributed by atoms with Crippen LogP contribution in [0.2, 0.25) is 0 Å². The highest BCUT2D eigenvalue weighted by atomic mass is 16.5. The van der Waals surface area contributed by atoms with Gasteiger partial charge in [-0.3, -0.25) is 4.90 Å². The predicted octanol–water partition coefficient (Wildman–Crippen LogP) is 3.57. The van der Waals surface area contributed by atoms with Crippen LogP contribution in [-0.4, -0.2) is 29.7 Å². The van der Waals surface area contributed by atoms with Crippen LogP contribution in [-0.2, 0) is 12.1 Å². The van der Waals surface area contributed by atoms with Crippen molar-refractivity contribution < 1.29 is 9.84 Å². The minimum Gasteiger partial charge on any atom is -0.494 e. The van der Waals surface area contributed by atoms with Crippen molar-refractivity contribution in [1.82, 2.24) is 4.90 Å². The van der Waals surface area contributed by atoms with Gasteiger partial charge in [-0.2, -0.15) is 0 Å². The number of rotatable bonds is 5. The Hall–Kier alpha value is -1.84. The maximum absolute atomic E-state index is 11.0. The molecule has 122 valence electrons. The zero-order valence-corrected chi connectivity index (χ0v) is 13.7. The fourth-order valence-corrected chi connectivity index (χ4v) is 3.24. The Bertz CT molecular complexity index is 601. The SMILES string of the molecule is CCOc1ccc(C2(O)CCN(Cc3ccccc3)CC2)cc1. The maximum atomic E-state index is 11.0. The molecule has 1 fully saturated rings. The van der Waals surface area contributed by atoms with Crippen LogP contribution in [0.4, 0.5) is 0 Å². The molecule has 1 aliphatic heterocycles.